The van der Waals surface area contributed by atoms with Crippen molar-refractivity contribution in [1.29, 1.82) is 0 Å². The van der Waals surface area contributed by atoms with Crippen LogP contribution >= 0.6 is 8.25 Å². The Morgan fingerprint density at radius 1 is 1.54 bits per heavy atom. The molecule has 3 heteroatoms. The first-order chi connectivity index (χ1) is 6.23. The minimum absolute atomic E-state index is 0.0208. The first-order valence-electron chi connectivity index (χ1n) is 4.56. The maximum absolute atomic E-state index is 5.96. The average molecular weight is 383 g/mol. The molecule has 66 valence electrons. The summed E-state index contributed by atoms with van der Waals surface area (Å²) in [5.74, 6) is 1.06. The number of rotatable bonds is 2. The molecule has 1 nitrogen and oxygen atoms in total. The summed E-state index contributed by atoms with van der Waals surface area (Å²) < 4.78 is 7.03. The van der Waals surface area contributed by atoms with Crippen LogP contribution in [0.15, 0.2) is 24.3 Å². The van der Waals surface area contributed by atoms with Crippen molar-refractivity contribution in [2.24, 2.45) is 0 Å². The van der Waals surface area contributed by atoms with E-state index in [2.05, 4.69) is 19.1 Å². The van der Waals surface area contributed by atoms with Crippen LogP contribution < -0.4 is 4.74 Å². The molecule has 0 saturated heterocycles. The zero-order valence-electron chi connectivity index (χ0n) is 7.72. The van der Waals surface area contributed by atoms with Gasteiger partial charge in [0.2, 0.25) is 0 Å². The number of hydrogen-bond acceptors (Lipinski definition) is 1. The van der Waals surface area contributed by atoms with Crippen LogP contribution in [-0.4, -0.2) is 5.60 Å². The van der Waals surface area contributed by atoms with Gasteiger partial charge >= 0.3 is 94.8 Å². The van der Waals surface area contributed by atoms with Gasteiger partial charge in [-0.3, -0.25) is 0 Å². The number of benzene rings is 1. The molecule has 0 fully saturated rings. The normalized spacial score (nSPS) is 24.8. The zero-order chi connectivity index (χ0) is 9.31. The predicted molar refractivity (Wildman–Crippen MR) is 49.8 cm³/mol. The van der Waals surface area contributed by atoms with E-state index >= 15 is 0 Å². The van der Waals surface area contributed by atoms with Crippen molar-refractivity contribution in [1.82, 2.24) is 0 Å². The van der Waals surface area contributed by atoms with Crippen LogP contribution in [0.1, 0.15) is 12.5 Å². The molecular weight excluding hydrogens is 372 g/mol. The van der Waals surface area contributed by atoms with Crippen LogP contribution in [0, 0.1) is 0 Å². The summed E-state index contributed by atoms with van der Waals surface area (Å²) in [5.41, 5.74) is 1.36. The van der Waals surface area contributed by atoms with E-state index in [-0.39, 0.29) is 5.60 Å². The molecule has 0 aliphatic carbocycles. The second-order valence-corrected chi connectivity index (χ2v) is 10.5. The molecule has 0 amide bonds. The van der Waals surface area contributed by atoms with Gasteiger partial charge in [-0.25, -0.2) is 0 Å². The van der Waals surface area contributed by atoms with E-state index in [0.717, 1.165) is 16.1 Å². The fourth-order valence-electron chi connectivity index (χ4n) is 1.79. The molecule has 1 atom stereocenters. The number of fused-ring (bicyclic) bond motifs is 1. The van der Waals surface area contributed by atoms with Crippen molar-refractivity contribution in [3.8, 4) is 5.75 Å². The SMILES string of the molecule is CC1([CH2][Hg][Cl])Cc2ccccc2O1. The Morgan fingerprint density at radius 2 is 2.31 bits per heavy atom. The van der Waals surface area contributed by atoms with Crippen LogP contribution in [-0.2, 0) is 29.8 Å². The first-order valence-corrected chi connectivity index (χ1v) is 15.2. The standard InChI is InChI=1S/C10H11O.ClH.Hg/c1-10(2)7-8-5-3-4-6-9(8)11-10;;/h3-6H,1,7H2,2H3;1H;/q;;+1/p-1. The van der Waals surface area contributed by atoms with E-state index < -0.39 is 23.3 Å². The second kappa shape index (κ2) is 3.78. The summed E-state index contributed by atoms with van der Waals surface area (Å²) in [6, 6.07) is 8.28. The molecule has 1 aliphatic rings. The van der Waals surface area contributed by atoms with Gasteiger partial charge in [-0.15, -0.1) is 0 Å². The third kappa shape index (κ3) is 2.02. The monoisotopic (exact) mass is 384 g/mol. The Morgan fingerprint density at radius 3 is 3.00 bits per heavy atom. The van der Waals surface area contributed by atoms with Crippen LogP contribution in [0.4, 0.5) is 0 Å². The minimum atomic E-state index is -1.10. The van der Waals surface area contributed by atoms with Gasteiger partial charge in [0.25, 0.3) is 0 Å². The Bertz CT molecular complexity index is 289. The van der Waals surface area contributed by atoms with Gasteiger partial charge in [0.05, 0.1) is 0 Å². The molecule has 0 saturated carbocycles. The molecule has 1 heterocycles. The van der Waals surface area contributed by atoms with Crippen molar-refractivity contribution in [2.45, 2.75) is 22.9 Å². The molecule has 1 aromatic carbocycles. The Labute approximate surface area is 94.3 Å². The first kappa shape index (κ1) is 9.79. The second-order valence-electron chi connectivity index (χ2n) is 3.78. The van der Waals surface area contributed by atoms with Gasteiger partial charge in [-0.2, -0.15) is 0 Å². The number of para-hydroxylation sites is 1. The average Bonchev–Trinajstić information content (AvgIpc) is 2.40. The summed E-state index contributed by atoms with van der Waals surface area (Å²) in [5, 5.41) is 0. The molecule has 0 radical (unpaired) electrons. The molecule has 1 aromatic rings. The Balaban J connectivity index is 2.21. The van der Waals surface area contributed by atoms with E-state index in [1.165, 1.54) is 5.56 Å². The van der Waals surface area contributed by atoms with Gasteiger partial charge in [0, 0.05) is 0 Å². The van der Waals surface area contributed by atoms with Crippen LogP contribution in [0.25, 0.3) is 0 Å². The van der Waals surface area contributed by atoms with E-state index in [0.29, 0.717) is 0 Å². The molecule has 0 spiro atoms. The van der Waals surface area contributed by atoms with Crippen molar-refractivity contribution in [3.63, 3.8) is 0 Å². The Hall–Kier alpha value is 0.245. The van der Waals surface area contributed by atoms with Gasteiger partial charge in [-0.05, 0) is 0 Å². The van der Waals surface area contributed by atoms with E-state index in [4.69, 9.17) is 13.0 Å². The summed E-state index contributed by atoms with van der Waals surface area (Å²) in [6.45, 7) is 2.18. The van der Waals surface area contributed by atoms with Crippen LogP contribution in [0.2, 0.25) is 3.93 Å². The van der Waals surface area contributed by atoms with Crippen LogP contribution in [0.5, 0.6) is 5.75 Å². The number of ether oxygens (including phenoxy) is 1. The van der Waals surface area contributed by atoms with E-state index in [1.807, 2.05) is 12.1 Å². The van der Waals surface area contributed by atoms with Gasteiger partial charge in [0.1, 0.15) is 0 Å². The van der Waals surface area contributed by atoms with E-state index in [1.54, 1.807) is 0 Å². The van der Waals surface area contributed by atoms with Crippen molar-refractivity contribution < 1.29 is 28.1 Å². The van der Waals surface area contributed by atoms with Crippen molar-refractivity contribution >= 4 is 8.25 Å². The van der Waals surface area contributed by atoms with Crippen molar-refractivity contribution in [3.05, 3.63) is 29.8 Å². The maximum atomic E-state index is 5.96. The van der Waals surface area contributed by atoms with E-state index in [9.17, 15) is 0 Å². The predicted octanol–water partition coefficient (Wildman–Crippen LogP) is 3.03. The third-order valence-corrected chi connectivity index (χ3v) is 9.02. The topological polar surface area (TPSA) is 9.23 Å². The van der Waals surface area contributed by atoms with Crippen molar-refractivity contribution in [2.75, 3.05) is 0 Å². The molecule has 0 bridgehead atoms. The molecule has 1 unspecified atom stereocenters. The molecule has 0 aromatic heterocycles. The fourth-order valence-corrected chi connectivity index (χ4v) is 7.94. The summed E-state index contributed by atoms with van der Waals surface area (Å²) in [6.07, 6.45) is 1.04. The van der Waals surface area contributed by atoms with Gasteiger partial charge in [-0.1, -0.05) is 0 Å². The number of hydrogen-bond donors (Lipinski definition) is 0. The zero-order valence-corrected chi connectivity index (χ0v) is 14.0. The van der Waals surface area contributed by atoms with Gasteiger partial charge < -0.3 is 0 Å². The Kier molecular flexibility index (Phi) is 2.84. The molecule has 0 N–H and O–H groups in total. The summed E-state index contributed by atoms with van der Waals surface area (Å²) in [7, 11) is 5.96. The molecule has 13 heavy (non-hydrogen) atoms. The quantitative estimate of drug-likeness (QED) is 0.714. The third-order valence-electron chi connectivity index (χ3n) is 2.52. The molecular formula is C10H11ClHgO. The number of halogens is 1. The summed E-state index contributed by atoms with van der Waals surface area (Å²) >= 11 is -1.10. The van der Waals surface area contributed by atoms with Gasteiger partial charge in [0.15, 0.2) is 0 Å². The molecule has 2 rings (SSSR count). The molecule has 1 aliphatic heterocycles. The fraction of sp³-hybridized carbons (Fsp3) is 0.400. The van der Waals surface area contributed by atoms with Crippen LogP contribution in [0.3, 0.4) is 0 Å². The summed E-state index contributed by atoms with van der Waals surface area (Å²) in [4.78, 5) is 0.